The summed E-state index contributed by atoms with van der Waals surface area (Å²) in [6.07, 6.45) is 6.34. The summed E-state index contributed by atoms with van der Waals surface area (Å²) in [5.74, 6) is -0.995. The quantitative estimate of drug-likeness (QED) is 0.768. The lowest BCUT2D eigenvalue weighted by atomic mass is 10.3. The van der Waals surface area contributed by atoms with Gasteiger partial charge in [0, 0.05) is 37.1 Å². The van der Waals surface area contributed by atoms with Crippen LogP contribution in [0.1, 0.15) is 5.56 Å². The molecule has 0 atom stereocenters. The molecular formula is C15H15FN6O3. The number of nitrogens with one attached hydrogen (secondary N) is 1. The second-order valence-corrected chi connectivity index (χ2v) is 5.10. The van der Waals surface area contributed by atoms with Gasteiger partial charge in [0.1, 0.15) is 0 Å². The third-order valence-corrected chi connectivity index (χ3v) is 3.35. The molecule has 0 bridgehead atoms. The van der Waals surface area contributed by atoms with Crippen LogP contribution in [-0.2, 0) is 9.53 Å². The molecule has 0 aliphatic carbocycles. The number of rotatable bonds is 5. The number of carboxylic acids is 1. The van der Waals surface area contributed by atoms with Gasteiger partial charge in [0.15, 0.2) is 11.6 Å². The number of carbonyl (C=O) groups is 1. The minimum Gasteiger partial charge on any atom is -0.478 e. The molecule has 0 amide bonds. The monoisotopic (exact) mass is 346 g/mol. The zero-order chi connectivity index (χ0) is 17.6. The van der Waals surface area contributed by atoms with Crippen LogP contribution in [0.3, 0.4) is 0 Å². The van der Waals surface area contributed by atoms with Gasteiger partial charge in [-0.1, -0.05) is 0 Å². The van der Waals surface area contributed by atoms with E-state index in [1.807, 2.05) is 0 Å². The highest BCUT2D eigenvalue weighted by molar-refractivity contribution is 5.85. The van der Waals surface area contributed by atoms with Crippen molar-refractivity contribution in [3.8, 4) is 0 Å². The smallest absolute Gasteiger partial charge is 0.328 e. The summed E-state index contributed by atoms with van der Waals surface area (Å²) >= 11 is 0. The van der Waals surface area contributed by atoms with Crippen LogP contribution in [0.25, 0.3) is 6.08 Å². The lowest BCUT2D eigenvalue weighted by Gasteiger charge is -2.28. The van der Waals surface area contributed by atoms with Crippen molar-refractivity contribution in [2.75, 3.05) is 36.5 Å². The van der Waals surface area contributed by atoms with Crippen LogP contribution >= 0.6 is 0 Å². The highest BCUT2D eigenvalue weighted by atomic mass is 19.1. The molecule has 0 radical (unpaired) electrons. The highest BCUT2D eigenvalue weighted by Gasteiger charge is 2.18. The Kier molecular flexibility index (Phi) is 5.09. The summed E-state index contributed by atoms with van der Waals surface area (Å²) in [6, 6.07) is 0. The van der Waals surface area contributed by atoms with E-state index in [1.54, 1.807) is 4.90 Å². The molecule has 3 heterocycles. The Balaban J connectivity index is 1.73. The Bertz CT molecular complexity index is 777. The fourth-order valence-corrected chi connectivity index (χ4v) is 2.17. The van der Waals surface area contributed by atoms with Crippen molar-refractivity contribution in [3.63, 3.8) is 0 Å². The van der Waals surface area contributed by atoms with Gasteiger partial charge in [-0.15, -0.1) is 0 Å². The maximum absolute atomic E-state index is 14.0. The van der Waals surface area contributed by atoms with Crippen molar-refractivity contribution < 1.29 is 19.0 Å². The van der Waals surface area contributed by atoms with E-state index < -0.39 is 11.8 Å². The molecule has 9 nitrogen and oxygen atoms in total. The number of ether oxygens (including phenoxy) is 1. The molecule has 1 saturated heterocycles. The summed E-state index contributed by atoms with van der Waals surface area (Å²) in [7, 11) is 0. The van der Waals surface area contributed by atoms with Crippen molar-refractivity contribution in [1.29, 1.82) is 0 Å². The molecule has 2 aromatic rings. The first-order chi connectivity index (χ1) is 12.1. The number of carboxylic acid groups (broad SMARTS) is 1. The van der Waals surface area contributed by atoms with Crippen molar-refractivity contribution in [2.24, 2.45) is 0 Å². The number of halogens is 1. The fraction of sp³-hybridized carbons (Fsp3) is 0.267. The molecule has 3 rings (SSSR count). The van der Waals surface area contributed by atoms with Crippen molar-refractivity contribution in [2.45, 2.75) is 0 Å². The molecule has 0 aromatic carbocycles. The van der Waals surface area contributed by atoms with Gasteiger partial charge in [0.2, 0.25) is 11.9 Å². The molecule has 1 aliphatic heterocycles. The number of morpholine rings is 1. The standard InChI is InChI=1S/C15H15FN6O3/c16-11-9-19-15(20-13(11)22-3-5-25-6-4-22)21-14-17-7-10(8-18-14)1-2-12(23)24/h1-2,7-9H,3-6H2,(H,23,24)(H,17,18,19,20,21)/b2-1+. The lowest BCUT2D eigenvalue weighted by Crippen LogP contribution is -2.37. The molecule has 0 saturated carbocycles. The summed E-state index contributed by atoms with van der Waals surface area (Å²) in [6.45, 7) is 2.13. The van der Waals surface area contributed by atoms with Gasteiger partial charge in [-0.05, 0) is 6.08 Å². The third-order valence-electron chi connectivity index (χ3n) is 3.35. The van der Waals surface area contributed by atoms with E-state index in [0.29, 0.717) is 31.9 Å². The topological polar surface area (TPSA) is 113 Å². The average Bonchev–Trinajstić information content (AvgIpc) is 2.63. The van der Waals surface area contributed by atoms with Gasteiger partial charge in [-0.3, -0.25) is 5.32 Å². The number of aliphatic carboxylic acids is 1. The van der Waals surface area contributed by atoms with E-state index in [2.05, 4.69) is 25.3 Å². The van der Waals surface area contributed by atoms with Crippen molar-refractivity contribution in [3.05, 3.63) is 36.0 Å². The maximum atomic E-state index is 14.0. The molecule has 2 aromatic heterocycles. The second-order valence-electron chi connectivity index (χ2n) is 5.10. The Hall–Kier alpha value is -3.14. The largest absolute Gasteiger partial charge is 0.478 e. The lowest BCUT2D eigenvalue weighted by molar-refractivity contribution is -0.131. The number of hydrogen-bond acceptors (Lipinski definition) is 8. The first kappa shape index (κ1) is 16.7. The molecule has 2 N–H and O–H groups in total. The molecule has 1 aliphatic rings. The van der Waals surface area contributed by atoms with Crippen LogP contribution in [0.4, 0.5) is 22.1 Å². The number of hydrogen-bond donors (Lipinski definition) is 2. The Morgan fingerprint density at radius 3 is 2.56 bits per heavy atom. The number of anilines is 3. The average molecular weight is 346 g/mol. The van der Waals surface area contributed by atoms with Gasteiger partial charge in [0.25, 0.3) is 0 Å². The van der Waals surface area contributed by atoms with Gasteiger partial charge in [-0.2, -0.15) is 4.98 Å². The van der Waals surface area contributed by atoms with Crippen LogP contribution in [0, 0.1) is 5.82 Å². The Morgan fingerprint density at radius 1 is 1.20 bits per heavy atom. The van der Waals surface area contributed by atoms with Gasteiger partial charge in [0.05, 0.1) is 19.4 Å². The van der Waals surface area contributed by atoms with Crippen LogP contribution < -0.4 is 10.2 Å². The minimum absolute atomic E-state index is 0.164. The Morgan fingerprint density at radius 2 is 1.88 bits per heavy atom. The third kappa shape index (κ3) is 4.44. The second kappa shape index (κ2) is 7.62. The first-order valence-corrected chi connectivity index (χ1v) is 7.47. The van der Waals surface area contributed by atoms with Crippen LogP contribution in [0.2, 0.25) is 0 Å². The van der Waals surface area contributed by atoms with E-state index in [-0.39, 0.29) is 17.7 Å². The molecular weight excluding hydrogens is 331 g/mol. The molecule has 1 fully saturated rings. The first-order valence-electron chi connectivity index (χ1n) is 7.47. The maximum Gasteiger partial charge on any atom is 0.328 e. The summed E-state index contributed by atoms with van der Waals surface area (Å²) < 4.78 is 19.2. The Labute approximate surface area is 142 Å². The van der Waals surface area contributed by atoms with Gasteiger partial charge >= 0.3 is 5.97 Å². The molecule has 25 heavy (non-hydrogen) atoms. The number of nitrogens with zero attached hydrogens (tertiary/aromatic N) is 5. The minimum atomic E-state index is -1.06. The summed E-state index contributed by atoms with van der Waals surface area (Å²) in [4.78, 5) is 28.4. The zero-order valence-electron chi connectivity index (χ0n) is 13.1. The van der Waals surface area contributed by atoms with E-state index in [1.165, 1.54) is 18.5 Å². The van der Waals surface area contributed by atoms with Crippen LogP contribution in [-0.4, -0.2) is 57.3 Å². The predicted molar refractivity (Wildman–Crippen MR) is 87.0 cm³/mol. The van der Waals surface area contributed by atoms with Crippen LogP contribution in [0.15, 0.2) is 24.7 Å². The molecule has 130 valence electrons. The number of aromatic nitrogens is 4. The molecule has 0 unspecified atom stereocenters. The van der Waals surface area contributed by atoms with E-state index >= 15 is 0 Å². The van der Waals surface area contributed by atoms with Crippen LogP contribution in [0.5, 0.6) is 0 Å². The van der Waals surface area contributed by atoms with Gasteiger partial charge < -0.3 is 14.7 Å². The SMILES string of the molecule is O=C(O)/C=C/c1cnc(Nc2ncc(F)c(N3CCOCC3)n2)nc1. The summed E-state index contributed by atoms with van der Waals surface area (Å²) in [5, 5.41) is 11.4. The van der Waals surface area contributed by atoms with E-state index in [4.69, 9.17) is 9.84 Å². The zero-order valence-corrected chi connectivity index (χ0v) is 13.1. The van der Waals surface area contributed by atoms with Gasteiger partial charge in [-0.25, -0.2) is 24.1 Å². The molecule has 0 spiro atoms. The predicted octanol–water partition coefficient (Wildman–Crippen LogP) is 1.08. The highest BCUT2D eigenvalue weighted by Crippen LogP contribution is 2.19. The van der Waals surface area contributed by atoms with E-state index in [0.717, 1.165) is 12.3 Å². The van der Waals surface area contributed by atoms with E-state index in [9.17, 15) is 9.18 Å². The normalized spacial score (nSPS) is 14.7. The summed E-state index contributed by atoms with van der Waals surface area (Å²) in [5.41, 5.74) is 0.530. The fourth-order valence-electron chi connectivity index (χ4n) is 2.17. The van der Waals surface area contributed by atoms with Crippen molar-refractivity contribution >= 4 is 29.8 Å². The molecule has 10 heteroatoms. The van der Waals surface area contributed by atoms with Crippen molar-refractivity contribution in [1.82, 2.24) is 19.9 Å².